The number of thiophene rings is 1. The Labute approximate surface area is 164 Å². The maximum Gasteiger partial charge on any atom is 0.325 e. The lowest BCUT2D eigenvalue weighted by atomic mass is 10.0. The quantitative estimate of drug-likeness (QED) is 0.573. The Morgan fingerprint density at radius 2 is 2.00 bits per heavy atom. The van der Waals surface area contributed by atoms with Gasteiger partial charge in [0, 0.05) is 28.4 Å². The van der Waals surface area contributed by atoms with Crippen LogP contribution in [0.25, 0.3) is 0 Å². The highest BCUT2D eigenvalue weighted by molar-refractivity contribution is 9.11. The molecule has 1 saturated heterocycles. The monoisotopic (exact) mass is 437 g/mol. The van der Waals surface area contributed by atoms with Crippen molar-refractivity contribution in [2.75, 3.05) is 6.54 Å². The number of hydrogen-bond acceptors (Lipinski definition) is 4. The molecule has 1 unspecified atom stereocenters. The molecule has 1 aliphatic heterocycles. The number of aromatic nitrogens is 1. The van der Waals surface area contributed by atoms with Crippen LogP contribution >= 0.6 is 27.3 Å². The van der Waals surface area contributed by atoms with Gasteiger partial charge in [-0.3, -0.25) is 14.5 Å². The van der Waals surface area contributed by atoms with E-state index in [-0.39, 0.29) is 12.3 Å². The van der Waals surface area contributed by atoms with Crippen molar-refractivity contribution in [2.45, 2.75) is 39.8 Å². The molecule has 1 fully saturated rings. The van der Waals surface area contributed by atoms with Crippen molar-refractivity contribution in [1.82, 2.24) is 14.8 Å². The van der Waals surface area contributed by atoms with Gasteiger partial charge in [0.05, 0.1) is 10.3 Å². The zero-order valence-corrected chi connectivity index (χ0v) is 17.5. The van der Waals surface area contributed by atoms with E-state index in [2.05, 4.69) is 21.2 Å². The summed E-state index contributed by atoms with van der Waals surface area (Å²) in [5, 5.41) is 2.73. The van der Waals surface area contributed by atoms with Gasteiger partial charge in [-0.15, -0.1) is 11.3 Å². The molecular formula is C18H20BrN3O3S. The zero-order chi connectivity index (χ0) is 19.2. The first-order valence-electron chi connectivity index (χ1n) is 8.29. The summed E-state index contributed by atoms with van der Waals surface area (Å²) < 4.78 is 2.91. The van der Waals surface area contributed by atoms with Gasteiger partial charge in [-0.25, -0.2) is 4.79 Å². The molecule has 138 valence electrons. The predicted octanol–water partition coefficient (Wildman–Crippen LogP) is 3.60. The number of carbonyl (C=O) groups excluding carboxylic acids is 3. The standard InChI is InChI=1S/C18H20BrN3O3S/c1-5-21-10(2)8-12(11(21)3)13(23)9-22-16(24)18(4,20-17(22)25)14-6-7-15(19)26-14/h6-8H,5,9H2,1-4H3,(H,20,25). The first-order chi connectivity index (χ1) is 12.2. The molecule has 1 N–H and O–H groups in total. The summed E-state index contributed by atoms with van der Waals surface area (Å²) in [5.41, 5.74) is 1.25. The maximum absolute atomic E-state index is 12.9. The minimum absolute atomic E-state index is 0.238. The van der Waals surface area contributed by atoms with Crippen molar-refractivity contribution in [3.8, 4) is 0 Å². The van der Waals surface area contributed by atoms with E-state index in [0.717, 1.165) is 31.5 Å². The number of carbonyl (C=O) groups is 3. The first-order valence-corrected chi connectivity index (χ1v) is 9.89. The maximum atomic E-state index is 12.9. The Kier molecular flexibility index (Phi) is 4.83. The van der Waals surface area contributed by atoms with Crippen molar-refractivity contribution >= 4 is 45.0 Å². The largest absolute Gasteiger partial charge is 0.349 e. The molecule has 3 rings (SSSR count). The van der Waals surface area contributed by atoms with Gasteiger partial charge in [-0.1, -0.05) is 0 Å². The Bertz CT molecular complexity index is 917. The molecule has 0 saturated carbocycles. The average molecular weight is 438 g/mol. The fourth-order valence-electron chi connectivity index (χ4n) is 3.39. The number of amides is 3. The van der Waals surface area contributed by atoms with Gasteiger partial charge in [-0.05, 0) is 61.8 Å². The van der Waals surface area contributed by atoms with E-state index in [9.17, 15) is 14.4 Å². The zero-order valence-electron chi connectivity index (χ0n) is 15.1. The summed E-state index contributed by atoms with van der Waals surface area (Å²) in [6.07, 6.45) is 0. The van der Waals surface area contributed by atoms with E-state index in [1.165, 1.54) is 11.3 Å². The van der Waals surface area contributed by atoms with Crippen LogP contribution in [0, 0.1) is 13.8 Å². The summed E-state index contributed by atoms with van der Waals surface area (Å²) in [6.45, 7) is 7.99. The highest BCUT2D eigenvalue weighted by Gasteiger charge is 2.50. The van der Waals surface area contributed by atoms with Crippen molar-refractivity contribution in [1.29, 1.82) is 0 Å². The number of rotatable bonds is 5. The normalized spacial score (nSPS) is 20.0. The van der Waals surface area contributed by atoms with Gasteiger partial charge in [0.1, 0.15) is 0 Å². The van der Waals surface area contributed by atoms with E-state index in [0.29, 0.717) is 5.56 Å². The second kappa shape index (κ2) is 6.66. The molecule has 0 spiro atoms. The third-order valence-corrected chi connectivity index (χ3v) is 6.68. The molecule has 2 aromatic rings. The number of urea groups is 1. The van der Waals surface area contributed by atoms with Crippen molar-refractivity contribution in [3.05, 3.63) is 43.8 Å². The van der Waals surface area contributed by atoms with Crippen LogP contribution in [0.2, 0.25) is 0 Å². The minimum atomic E-state index is -1.14. The number of halogens is 1. The fraction of sp³-hybridized carbons (Fsp3) is 0.389. The van der Waals surface area contributed by atoms with E-state index in [1.807, 2.05) is 37.5 Å². The molecule has 0 aromatic carbocycles. The van der Waals surface area contributed by atoms with E-state index < -0.39 is 17.5 Å². The Morgan fingerprint density at radius 1 is 1.31 bits per heavy atom. The van der Waals surface area contributed by atoms with Crippen LogP contribution in [0.5, 0.6) is 0 Å². The van der Waals surface area contributed by atoms with Gasteiger partial charge in [-0.2, -0.15) is 0 Å². The number of aryl methyl sites for hydroxylation is 1. The Hall–Kier alpha value is -1.93. The van der Waals surface area contributed by atoms with Crippen LogP contribution in [0.4, 0.5) is 4.79 Å². The summed E-state index contributed by atoms with van der Waals surface area (Å²) in [7, 11) is 0. The second-order valence-electron chi connectivity index (χ2n) is 6.50. The molecule has 0 bridgehead atoms. The average Bonchev–Trinajstić information content (AvgIpc) is 3.20. The summed E-state index contributed by atoms with van der Waals surface area (Å²) >= 11 is 4.76. The second-order valence-corrected chi connectivity index (χ2v) is 8.97. The number of Topliss-reactive ketones (excluding diaryl/α,β-unsaturated/α-hetero) is 1. The first kappa shape index (κ1) is 18.8. The topological polar surface area (TPSA) is 71.4 Å². The minimum Gasteiger partial charge on any atom is -0.349 e. The van der Waals surface area contributed by atoms with E-state index in [4.69, 9.17) is 0 Å². The molecule has 3 amide bonds. The predicted molar refractivity (Wildman–Crippen MR) is 104 cm³/mol. The molecular weight excluding hydrogens is 418 g/mol. The molecule has 0 aliphatic carbocycles. The molecule has 26 heavy (non-hydrogen) atoms. The van der Waals surface area contributed by atoms with Crippen LogP contribution in [0.1, 0.15) is 40.5 Å². The molecule has 6 nitrogen and oxygen atoms in total. The Morgan fingerprint density at radius 3 is 2.54 bits per heavy atom. The van der Waals surface area contributed by atoms with Crippen LogP contribution in [0.3, 0.4) is 0 Å². The van der Waals surface area contributed by atoms with Crippen molar-refractivity contribution in [2.24, 2.45) is 0 Å². The number of hydrogen-bond donors (Lipinski definition) is 1. The highest BCUT2D eigenvalue weighted by atomic mass is 79.9. The lowest BCUT2D eigenvalue weighted by molar-refractivity contribution is -0.130. The van der Waals surface area contributed by atoms with E-state index in [1.54, 1.807) is 13.0 Å². The lowest BCUT2D eigenvalue weighted by Gasteiger charge is -2.19. The lowest BCUT2D eigenvalue weighted by Crippen LogP contribution is -2.40. The number of imide groups is 1. The molecule has 2 aromatic heterocycles. The molecule has 0 radical (unpaired) electrons. The summed E-state index contributed by atoms with van der Waals surface area (Å²) in [5.74, 6) is -0.646. The summed E-state index contributed by atoms with van der Waals surface area (Å²) in [4.78, 5) is 39.8. The number of ketones is 1. The van der Waals surface area contributed by atoms with Gasteiger partial charge in [0.25, 0.3) is 5.91 Å². The number of nitrogens with one attached hydrogen (secondary N) is 1. The fourth-order valence-corrected chi connectivity index (χ4v) is 4.87. The smallest absolute Gasteiger partial charge is 0.325 e. The molecule has 3 heterocycles. The van der Waals surface area contributed by atoms with Gasteiger partial charge >= 0.3 is 6.03 Å². The van der Waals surface area contributed by atoms with Crippen LogP contribution in [0.15, 0.2) is 22.0 Å². The SMILES string of the molecule is CCn1c(C)cc(C(=O)CN2C(=O)NC(C)(c3ccc(Br)s3)C2=O)c1C. The highest BCUT2D eigenvalue weighted by Crippen LogP contribution is 2.35. The Balaban J connectivity index is 1.85. The van der Waals surface area contributed by atoms with E-state index >= 15 is 0 Å². The number of nitrogens with zero attached hydrogens (tertiary/aromatic N) is 2. The van der Waals surface area contributed by atoms with Gasteiger partial charge < -0.3 is 9.88 Å². The molecule has 1 atom stereocenters. The van der Waals surface area contributed by atoms with Crippen molar-refractivity contribution < 1.29 is 14.4 Å². The van der Waals surface area contributed by atoms with Gasteiger partial charge in [0.2, 0.25) is 0 Å². The van der Waals surface area contributed by atoms with Crippen LogP contribution in [-0.4, -0.2) is 33.7 Å². The van der Waals surface area contributed by atoms with Gasteiger partial charge in [0.15, 0.2) is 11.3 Å². The van der Waals surface area contributed by atoms with Crippen molar-refractivity contribution in [3.63, 3.8) is 0 Å². The molecule has 8 heteroatoms. The van der Waals surface area contributed by atoms with Crippen LogP contribution in [-0.2, 0) is 16.9 Å². The third kappa shape index (κ3) is 2.91. The summed E-state index contributed by atoms with van der Waals surface area (Å²) in [6, 6.07) is 4.90. The third-order valence-electron chi connectivity index (χ3n) is 4.83. The van der Waals surface area contributed by atoms with Crippen LogP contribution < -0.4 is 5.32 Å². The molecule has 1 aliphatic rings.